The van der Waals surface area contributed by atoms with Gasteiger partial charge < -0.3 is 19.5 Å². The Morgan fingerprint density at radius 2 is 1.69 bits per heavy atom. The number of rotatable bonds is 12. The van der Waals surface area contributed by atoms with Crippen LogP contribution in [0.5, 0.6) is 11.6 Å². The Kier molecular flexibility index (Phi) is 10.4. The first-order valence-corrected chi connectivity index (χ1v) is 13.6. The third-order valence-corrected chi connectivity index (χ3v) is 6.72. The number of nitrogens with zero attached hydrogens (tertiary/aromatic N) is 1. The molecule has 0 saturated heterocycles. The zero-order chi connectivity index (χ0) is 28.3. The van der Waals surface area contributed by atoms with E-state index < -0.39 is 22.1 Å². The summed E-state index contributed by atoms with van der Waals surface area (Å²) in [5.74, 6) is -0.683. The number of para-hydroxylation sites is 1. The zero-order valence-corrected chi connectivity index (χ0v) is 22.3. The summed E-state index contributed by atoms with van der Waals surface area (Å²) in [6.45, 7) is 3.78. The molecular weight excluding hydrogens is 526 g/mol. The number of nitrogens with one attached hydrogen (secondary N) is 2. The molecule has 11 nitrogen and oxygen atoms in total. The minimum Gasteiger partial charge on any atom is -0.484 e. The van der Waals surface area contributed by atoms with Gasteiger partial charge in [-0.05, 0) is 55.7 Å². The summed E-state index contributed by atoms with van der Waals surface area (Å²) in [6.07, 6.45) is 0.906. The number of amides is 2. The summed E-state index contributed by atoms with van der Waals surface area (Å²) in [4.78, 5) is 39.8. The van der Waals surface area contributed by atoms with Crippen LogP contribution in [-0.2, 0) is 26.0 Å². The van der Waals surface area contributed by atoms with Gasteiger partial charge in [0.05, 0.1) is 10.5 Å². The van der Waals surface area contributed by atoms with Gasteiger partial charge in [-0.3, -0.25) is 9.59 Å². The molecule has 1 atom stereocenters. The summed E-state index contributed by atoms with van der Waals surface area (Å²) in [5, 5.41) is 2.74. The maximum atomic E-state index is 12.7. The molecule has 3 aromatic rings. The van der Waals surface area contributed by atoms with Gasteiger partial charge in [0.25, 0.3) is 21.8 Å². The molecule has 0 aliphatic rings. The molecule has 2 N–H and O–H groups in total. The maximum Gasteiger partial charge on any atom is 0.515 e. The summed E-state index contributed by atoms with van der Waals surface area (Å²) in [7, 11) is -4.16. The standard InChI is InChI=1S/C27H29N3O8S/c1-3-19(2)37-27(33)38-25-14-11-21(17-29-25)26(32)30-39(34,35)23-12-9-20(10-13-23)15-16-28-24(31)18-36-22-7-5-4-6-8-22/h4-14,17,19H,3,15-16,18H2,1-2H3,(H,28,31)(H,30,32)/t19-/m1/s1. The Morgan fingerprint density at radius 3 is 2.33 bits per heavy atom. The number of carbonyl (C=O) groups excluding carboxylic acids is 3. The first kappa shape index (κ1) is 29.1. The lowest BCUT2D eigenvalue weighted by Gasteiger charge is -2.10. The molecule has 0 bridgehead atoms. The van der Waals surface area contributed by atoms with Gasteiger partial charge in [0.1, 0.15) is 11.9 Å². The number of hydrogen-bond acceptors (Lipinski definition) is 9. The molecule has 2 amide bonds. The second-order valence-electron chi connectivity index (χ2n) is 8.35. The molecule has 39 heavy (non-hydrogen) atoms. The van der Waals surface area contributed by atoms with E-state index in [2.05, 4.69) is 10.3 Å². The van der Waals surface area contributed by atoms with Crippen molar-refractivity contribution in [2.24, 2.45) is 0 Å². The second-order valence-corrected chi connectivity index (χ2v) is 10.0. The molecule has 0 radical (unpaired) electrons. The number of benzene rings is 2. The highest BCUT2D eigenvalue weighted by Crippen LogP contribution is 2.14. The fraction of sp³-hybridized carbons (Fsp3) is 0.259. The Labute approximate surface area is 226 Å². The molecule has 0 aliphatic heterocycles. The summed E-state index contributed by atoms with van der Waals surface area (Å²) in [6, 6.07) is 17.4. The van der Waals surface area contributed by atoms with Gasteiger partial charge >= 0.3 is 6.16 Å². The summed E-state index contributed by atoms with van der Waals surface area (Å²) >= 11 is 0. The second kappa shape index (κ2) is 13.9. The predicted octanol–water partition coefficient (Wildman–Crippen LogP) is 3.25. The Hall–Kier alpha value is -4.45. The van der Waals surface area contributed by atoms with Crippen molar-refractivity contribution in [1.29, 1.82) is 0 Å². The average Bonchev–Trinajstić information content (AvgIpc) is 2.92. The fourth-order valence-corrected chi connectivity index (χ4v) is 4.04. The molecule has 0 fully saturated rings. The Balaban J connectivity index is 1.46. The molecular formula is C27H29N3O8S. The minimum atomic E-state index is -4.16. The van der Waals surface area contributed by atoms with E-state index in [1.165, 1.54) is 24.3 Å². The minimum absolute atomic E-state index is 0.0511. The van der Waals surface area contributed by atoms with Crippen LogP contribution in [0, 0.1) is 0 Å². The van der Waals surface area contributed by atoms with Crippen molar-refractivity contribution in [1.82, 2.24) is 15.0 Å². The van der Waals surface area contributed by atoms with Gasteiger partial charge in [0.15, 0.2) is 6.61 Å². The molecule has 0 aliphatic carbocycles. The lowest BCUT2D eigenvalue weighted by molar-refractivity contribution is -0.123. The Morgan fingerprint density at radius 1 is 0.974 bits per heavy atom. The largest absolute Gasteiger partial charge is 0.515 e. The lowest BCUT2D eigenvalue weighted by Crippen LogP contribution is -2.31. The van der Waals surface area contributed by atoms with Crippen molar-refractivity contribution in [2.75, 3.05) is 13.2 Å². The van der Waals surface area contributed by atoms with Crippen LogP contribution in [0.15, 0.2) is 77.8 Å². The molecule has 0 spiro atoms. The van der Waals surface area contributed by atoms with Gasteiger partial charge in [0, 0.05) is 18.8 Å². The molecule has 206 valence electrons. The number of hydrogen-bond donors (Lipinski definition) is 2. The lowest BCUT2D eigenvalue weighted by atomic mass is 10.1. The predicted molar refractivity (Wildman–Crippen MR) is 141 cm³/mol. The number of pyridine rings is 1. The van der Waals surface area contributed by atoms with E-state index in [-0.39, 0.29) is 35.0 Å². The van der Waals surface area contributed by atoms with Crippen molar-refractivity contribution < 1.29 is 37.0 Å². The molecule has 1 aromatic heterocycles. The molecule has 0 saturated carbocycles. The van der Waals surface area contributed by atoms with Gasteiger partial charge in [-0.1, -0.05) is 37.3 Å². The molecule has 12 heteroatoms. The van der Waals surface area contributed by atoms with Crippen molar-refractivity contribution in [2.45, 2.75) is 37.7 Å². The van der Waals surface area contributed by atoms with Gasteiger partial charge in [-0.25, -0.2) is 22.9 Å². The maximum absolute atomic E-state index is 12.7. The Bertz CT molecular complexity index is 1360. The quantitative estimate of drug-likeness (QED) is 0.321. The third kappa shape index (κ3) is 9.42. The topological polar surface area (TPSA) is 150 Å². The van der Waals surface area contributed by atoms with E-state index in [0.29, 0.717) is 25.1 Å². The average molecular weight is 556 g/mol. The van der Waals surface area contributed by atoms with Gasteiger partial charge in [-0.15, -0.1) is 0 Å². The fourth-order valence-electron chi connectivity index (χ4n) is 3.07. The van der Waals surface area contributed by atoms with E-state index in [4.69, 9.17) is 14.2 Å². The van der Waals surface area contributed by atoms with Crippen LogP contribution in [0.25, 0.3) is 0 Å². The first-order valence-electron chi connectivity index (χ1n) is 12.1. The summed E-state index contributed by atoms with van der Waals surface area (Å²) < 4.78 is 42.6. The zero-order valence-electron chi connectivity index (χ0n) is 21.5. The van der Waals surface area contributed by atoms with E-state index >= 15 is 0 Å². The SMILES string of the molecule is CC[C@@H](C)OC(=O)Oc1ccc(C(=O)NS(=O)(=O)c2ccc(CCNC(=O)COc3ccccc3)cc2)cn1. The van der Waals surface area contributed by atoms with Crippen LogP contribution < -0.4 is 19.5 Å². The molecule has 2 aromatic carbocycles. The molecule has 1 heterocycles. The number of aromatic nitrogens is 1. The number of carbonyl (C=O) groups is 3. The van der Waals surface area contributed by atoms with E-state index in [1.54, 1.807) is 31.2 Å². The smallest absolute Gasteiger partial charge is 0.484 e. The van der Waals surface area contributed by atoms with Crippen molar-refractivity contribution in [3.63, 3.8) is 0 Å². The van der Waals surface area contributed by atoms with Gasteiger partial charge in [0.2, 0.25) is 5.88 Å². The van der Waals surface area contributed by atoms with Crippen molar-refractivity contribution in [3.05, 3.63) is 84.1 Å². The van der Waals surface area contributed by atoms with Crippen LogP contribution in [0.1, 0.15) is 36.2 Å². The van der Waals surface area contributed by atoms with Crippen molar-refractivity contribution >= 4 is 28.0 Å². The van der Waals surface area contributed by atoms with E-state index in [9.17, 15) is 22.8 Å². The van der Waals surface area contributed by atoms with E-state index in [1.807, 2.05) is 29.8 Å². The van der Waals surface area contributed by atoms with Crippen molar-refractivity contribution in [3.8, 4) is 11.6 Å². The highest BCUT2D eigenvalue weighted by atomic mass is 32.2. The first-order chi connectivity index (χ1) is 18.7. The van der Waals surface area contributed by atoms with E-state index in [0.717, 1.165) is 11.8 Å². The molecule has 0 unspecified atom stereocenters. The highest BCUT2D eigenvalue weighted by molar-refractivity contribution is 7.90. The van der Waals surface area contributed by atoms with Crippen LogP contribution in [0.2, 0.25) is 0 Å². The molecule has 3 rings (SSSR count). The monoisotopic (exact) mass is 555 g/mol. The van der Waals surface area contributed by atoms with Crippen LogP contribution in [0.3, 0.4) is 0 Å². The highest BCUT2D eigenvalue weighted by Gasteiger charge is 2.19. The van der Waals surface area contributed by atoms with Crippen LogP contribution in [0.4, 0.5) is 4.79 Å². The van der Waals surface area contributed by atoms with Crippen LogP contribution >= 0.6 is 0 Å². The summed E-state index contributed by atoms with van der Waals surface area (Å²) in [5.41, 5.74) is 0.737. The van der Waals surface area contributed by atoms with Gasteiger partial charge in [-0.2, -0.15) is 0 Å². The van der Waals surface area contributed by atoms with Crippen LogP contribution in [-0.4, -0.2) is 50.6 Å². The normalized spacial score (nSPS) is 11.6. The number of ether oxygens (including phenoxy) is 3. The number of sulfonamides is 1. The third-order valence-electron chi connectivity index (χ3n) is 5.37.